The second-order valence-electron chi connectivity index (χ2n) is 8.81. The number of thiophene rings is 1. The van der Waals surface area contributed by atoms with Gasteiger partial charge in [0.15, 0.2) is 0 Å². The molecule has 4 rings (SSSR count). The van der Waals surface area contributed by atoms with Crippen molar-refractivity contribution in [2.45, 2.75) is 32.6 Å². The van der Waals surface area contributed by atoms with E-state index >= 15 is 0 Å². The van der Waals surface area contributed by atoms with Gasteiger partial charge in [0.25, 0.3) is 17.5 Å². The number of nitrogens with zero attached hydrogens (tertiary/aromatic N) is 2. The second-order valence-corrected chi connectivity index (χ2v) is 10.0. The fourth-order valence-electron chi connectivity index (χ4n) is 4.49. The maximum atomic E-state index is 13.4. The number of fused-ring (bicyclic) bond motifs is 1. The molecule has 0 aliphatic carbocycles. The summed E-state index contributed by atoms with van der Waals surface area (Å²) in [6.07, 6.45) is 1.48. The molecule has 1 aliphatic heterocycles. The molecule has 3 amide bonds. The van der Waals surface area contributed by atoms with Crippen LogP contribution in [-0.4, -0.2) is 47.2 Å². The first-order valence-electron chi connectivity index (χ1n) is 12.0. The zero-order valence-corrected chi connectivity index (χ0v) is 21.9. The summed E-state index contributed by atoms with van der Waals surface area (Å²) in [7, 11) is 1.24. The number of carbonyl (C=O) groups excluding carboxylic acids is 4. The Bertz CT molecular complexity index is 1480. The minimum absolute atomic E-state index is 0.0150. The third-order valence-corrected chi connectivity index (χ3v) is 7.34. The zero-order valence-electron chi connectivity index (χ0n) is 21.1. The Morgan fingerprint density at radius 3 is 2.44 bits per heavy atom. The van der Waals surface area contributed by atoms with Crippen molar-refractivity contribution in [1.29, 1.82) is 0 Å². The molecule has 1 aromatic heterocycles. The number of ether oxygens (including phenoxy) is 1. The number of aryl methyl sites for hydroxylation is 1. The van der Waals surface area contributed by atoms with Gasteiger partial charge in [-0.05, 0) is 43.5 Å². The molecule has 1 aliphatic rings. The molecule has 0 fully saturated rings. The SMILES string of the molecule is COC(=O)c1c(NC(=O)CCCCCN2C(=O)c3cccc([N+](=O)[O-])c3C2=O)sc(C)c1-c1ccc(F)cc1. The molecule has 10 nitrogen and oxygen atoms in total. The number of anilines is 1. The molecule has 2 heterocycles. The van der Waals surface area contributed by atoms with Crippen molar-refractivity contribution in [2.24, 2.45) is 0 Å². The zero-order chi connectivity index (χ0) is 28.3. The van der Waals surface area contributed by atoms with Crippen LogP contribution in [0.25, 0.3) is 11.1 Å². The van der Waals surface area contributed by atoms with Gasteiger partial charge in [-0.2, -0.15) is 0 Å². The topological polar surface area (TPSA) is 136 Å². The van der Waals surface area contributed by atoms with Gasteiger partial charge in [-0.1, -0.05) is 24.6 Å². The van der Waals surface area contributed by atoms with Crippen molar-refractivity contribution in [1.82, 2.24) is 4.90 Å². The first-order valence-corrected chi connectivity index (χ1v) is 12.9. The predicted octanol–water partition coefficient (Wildman–Crippen LogP) is 5.35. The third-order valence-electron chi connectivity index (χ3n) is 6.32. The van der Waals surface area contributed by atoms with E-state index in [1.54, 1.807) is 19.1 Å². The number of rotatable bonds is 10. The Labute approximate surface area is 226 Å². The predicted molar refractivity (Wildman–Crippen MR) is 141 cm³/mol. The van der Waals surface area contributed by atoms with Gasteiger partial charge in [0.1, 0.15) is 21.9 Å². The van der Waals surface area contributed by atoms with Gasteiger partial charge < -0.3 is 10.1 Å². The lowest BCUT2D eigenvalue weighted by Crippen LogP contribution is -2.30. The number of amides is 3. The second kappa shape index (κ2) is 11.5. The van der Waals surface area contributed by atoms with Crippen LogP contribution >= 0.6 is 11.3 Å². The Hall–Kier alpha value is -4.45. The van der Waals surface area contributed by atoms with E-state index in [4.69, 9.17) is 4.74 Å². The summed E-state index contributed by atoms with van der Waals surface area (Å²) in [4.78, 5) is 62.8. The molecular weight excluding hydrogens is 529 g/mol. The summed E-state index contributed by atoms with van der Waals surface area (Å²) < 4.78 is 18.3. The minimum atomic E-state index is -0.694. The van der Waals surface area contributed by atoms with Crippen molar-refractivity contribution in [2.75, 3.05) is 19.0 Å². The van der Waals surface area contributed by atoms with E-state index in [1.165, 1.54) is 48.8 Å². The molecule has 0 spiro atoms. The van der Waals surface area contributed by atoms with Crippen LogP contribution in [0.4, 0.5) is 15.1 Å². The van der Waals surface area contributed by atoms with Crippen LogP contribution in [0.3, 0.4) is 0 Å². The van der Waals surface area contributed by atoms with Crippen molar-refractivity contribution < 1.29 is 33.2 Å². The molecule has 2 aromatic carbocycles. The molecule has 0 radical (unpaired) electrons. The van der Waals surface area contributed by atoms with Crippen molar-refractivity contribution in [3.05, 3.63) is 80.0 Å². The van der Waals surface area contributed by atoms with Crippen LogP contribution < -0.4 is 5.32 Å². The molecule has 0 atom stereocenters. The third kappa shape index (κ3) is 5.55. The number of methoxy groups -OCH3 is 1. The lowest BCUT2D eigenvalue weighted by atomic mass is 10.0. The molecule has 1 N–H and O–H groups in total. The van der Waals surface area contributed by atoms with Gasteiger partial charge in [0.05, 0.1) is 17.6 Å². The van der Waals surface area contributed by atoms with Crippen LogP contribution in [0, 0.1) is 22.9 Å². The van der Waals surface area contributed by atoms with Crippen LogP contribution in [0.1, 0.15) is 61.6 Å². The van der Waals surface area contributed by atoms with E-state index in [0.717, 1.165) is 9.78 Å². The maximum Gasteiger partial charge on any atom is 0.341 e. The van der Waals surface area contributed by atoms with Crippen LogP contribution in [0.2, 0.25) is 0 Å². The summed E-state index contributed by atoms with van der Waals surface area (Å²) in [5, 5.41) is 14.3. The van der Waals surface area contributed by atoms with Gasteiger partial charge in [-0.15, -0.1) is 11.3 Å². The largest absolute Gasteiger partial charge is 0.465 e. The van der Waals surface area contributed by atoms with Gasteiger partial charge in [0.2, 0.25) is 5.91 Å². The Morgan fingerprint density at radius 1 is 1.05 bits per heavy atom. The van der Waals surface area contributed by atoms with E-state index in [9.17, 15) is 33.7 Å². The molecule has 0 saturated carbocycles. The van der Waals surface area contributed by atoms with E-state index in [0.29, 0.717) is 35.4 Å². The molecule has 0 bridgehead atoms. The van der Waals surface area contributed by atoms with Gasteiger partial charge in [-0.3, -0.25) is 29.4 Å². The first-order chi connectivity index (χ1) is 18.6. The molecule has 3 aromatic rings. The number of esters is 1. The number of nitrogens with one attached hydrogen (secondary N) is 1. The number of halogens is 1. The van der Waals surface area contributed by atoms with E-state index in [1.807, 2.05) is 0 Å². The minimum Gasteiger partial charge on any atom is -0.465 e. The van der Waals surface area contributed by atoms with Crippen LogP contribution in [0.5, 0.6) is 0 Å². The van der Waals surface area contributed by atoms with Gasteiger partial charge in [0, 0.05) is 29.5 Å². The van der Waals surface area contributed by atoms with E-state index in [-0.39, 0.29) is 35.6 Å². The van der Waals surface area contributed by atoms with Crippen molar-refractivity contribution in [3.63, 3.8) is 0 Å². The fraction of sp³-hybridized carbons (Fsp3) is 0.259. The first kappa shape index (κ1) is 27.6. The summed E-state index contributed by atoms with van der Waals surface area (Å²) in [6, 6.07) is 9.63. The van der Waals surface area contributed by atoms with Gasteiger partial charge in [-0.25, -0.2) is 9.18 Å². The number of unbranched alkanes of at least 4 members (excludes halogenated alkanes) is 2. The Kier molecular flexibility index (Phi) is 8.15. The molecule has 0 saturated heterocycles. The van der Waals surface area contributed by atoms with E-state index < -0.39 is 34.2 Å². The molecular formula is C27H24FN3O7S. The summed E-state index contributed by atoms with van der Waals surface area (Å²) in [5.74, 6) is -2.64. The maximum absolute atomic E-state index is 13.4. The molecule has 12 heteroatoms. The van der Waals surface area contributed by atoms with Gasteiger partial charge >= 0.3 is 5.97 Å². The fourth-order valence-corrected chi connectivity index (χ4v) is 5.57. The monoisotopic (exact) mass is 553 g/mol. The standard InChI is InChI=1S/C27H24FN3O7S/c1-15-21(16-10-12-17(28)13-11-16)23(27(35)38-2)24(39-15)29-20(32)9-4-3-5-14-30-25(33)18-7-6-8-19(31(36)37)22(18)26(30)34/h6-8,10-13H,3-5,9,14H2,1-2H3,(H,29,32). The summed E-state index contributed by atoms with van der Waals surface area (Å²) in [5.41, 5.74) is 0.788. The lowest BCUT2D eigenvalue weighted by Gasteiger charge is -2.13. The number of carbonyl (C=O) groups is 4. The highest BCUT2D eigenvalue weighted by atomic mass is 32.1. The highest BCUT2D eigenvalue weighted by Gasteiger charge is 2.40. The summed E-state index contributed by atoms with van der Waals surface area (Å²) >= 11 is 1.21. The smallest absolute Gasteiger partial charge is 0.341 e. The molecule has 39 heavy (non-hydrogen) atoms. The Balaban J connectivity index is 1.34. The van der Waals surface area contributed by atoms with Crippen molar-refractivity contribution in [3.8, 4) is 11.1 Å². The molecule has 0 unspecified atom stereocenters. The number of hydrogen-bond donors (Lipinski definition) is 1. The molecule has 202 valence electrons. The van der Waals surface area contributed by atoms with Crippen LogP contribution in [-0.2, 0) is 9.53 Å². The number of nitro benzene ring substituents is 1. The van der Waals surface area contributed by atoms with Crippen LogP contribution in [0.15, 0.2) is 42.5 Å². The summed E-state index contributed by atoms with van der Waals surface area (Å²) in [6.45, 7) is 1.86. The van der Waals surface area contributed by atoms with Crippen molar-refractivity contribution >= 4 is 45.7 Å². The number of hydrogen-bond acceptors (Lipinski definition) is 8. The lowest BCUT2D eigenvalue weighted by molar-refractivity contribution is -0.385. The average molecular weight is 554 g/mol. The highest BCUT2D eigenvalue weighted by molar-refractivity contribution is 7.17. The number of imide groups is 1. The number of benzene rings is 2. The Morgan fingerprint density at radius 2 is 1.77 bits per heavy atom. The average Bonchev–Trinajstić information content (AvgIpc) is 3.36. The normalized spacial score (nSPS) is 12.4. The highest BCUT2D eigenvalue weighted by Crippen LogP contribution is 2.40. The quantitative estimate of drug-likeness (QED) is 0.117. The van der Waals surface area contributed by atoms with E-state index in [2.05, 4.69) is 5.32 Å². The number of nitro groups is 1.